The lowest BCUT2D eigenvalue weighted by Crippen LogP contribution is -2.39. The Morgan fingerprint density at radius 1 is 1.35 bits per heavy atom. The maximum absolute atomic E-state index is 4.65. The van der Waals surface area contributed by atoms with Crippen molar-refractivity contribution in [3.05, 3.63) is 0 Å². The van der Waals surface area contributed by atoms with Crippen LogP contribution in [0.3, 0.4) is 0 Å². The molecule has 1 aliphatic rings. The quantitative estimate of drug-likeness (QED) is 0.287. The predicted molar refractivity (Wildman–Crippen MR) is 99.1 cm³/mol. The highest BCUT2D eigenvalue weighted by molar-refractivity contribution is 14.0. The molecule has 0 heterocycles. The van der Waals surface area contributed by atoms with E-state index >= 15 is 0 Å². The van der Waals surface area contributed by atoms with Gasteiger partial charge in [-0.25, -0.2) is 0 Å². The number of nitrogens with one attached hydrogen (secondary N) is 2. The SMILES string of the molecule is CCNC(=NCCCCN(C)C(C)C)NC1CC1C.I. The van der Waals surface area contributed by atoms with Gasteiger partial charge < -0.3 is 15.5 Å². The minimum Gasteiger partial charge on any atom is -0.357 e. The Bertz CT molecular complexity index is 281. The zero-order chi connectivity index (χ0) is 14.3. The molecule has 120 valence electrons. The van der Waals surface area contributed by atoms with Gasteiger partial charge in [0.1, 0.15) is 0 Å². The molecule has 0 amide bonds. The van der Waals surface area contributed by atoms with Crippen molar-refractivity contribution in [2.24, 2.45) is 10.9 Å². The number of nitrogens with zero attached hydrogens (tertiary/aromatic N) is 2. The van der Waals surface area contributed by atoms with Crippen LogP contribution < -0.4 is 10.6 Å². The molecule has 0 saturated heterocycles. The summed E-state index contributed by atoms with van der Waals surface area (Å²) in [5.74, 6) is 1.80. The van der Waals surface area contributed by atoms with E-state index in [0.717, 1.165) is 37.9 Å². The van der Waals surface area contributed by atoms with Crippen molar-refractivity contribution >= 4 is 29.9 Å². The smallest absolute Gasteiger partial charge is 0.191 e. The Kier molecular flexibility index (Phi) is 10.6. The van der Waals surface area contributed by atoms with Crippen molar-refractivity contribution in [1.82, 2.24) is 15.5 Å². The summed E-state index contributed by atoms with van der Waals surface area (Å²) >= 11 is 0. The molecule has 0 aromatic rings. The molecule has 20 heavy (non-hydrogen) atoms. The number of hydrogen-bond donors (Lipinski definition) is 2. The van der Waals surface area contributed by atoms with E-state index in [1.54, 1.807) is 0 Å². The lowest BCUT2D eigenvalue weighted by molar-refractivity contribution is 0.269. The third kappa shape index (κ3) is 8.29. The number of unbranched alkanes of at least 4 members (excludes halogenated alkanes) is 1. The van der Waals surface area contributed by atoms with Crippen molar-refractivity contribution in [2.45, 2.75) is 59.0 Å². The summed E-state index contributed by atoms with van der Waals surface area (Å²) in [5, 5.41) is 6.81. The van der Waals surface area contributed by atoms with Gasteiger partial charge in [0.15, 0.2) is 5.96 Å². The van der Waals surface area contributed by atoms with Crippen LogP contribution in [0.15, 0.2) is 4.99 Å². The summed E-state index contributed by atoms with van der Waals surface area (Å²) in [6.07, 6.45) is 3.66. The highest BCUT2D eigenvalue weighted by Gasteiger charge is 2.33. The zero-order valence-corrected chi connectivity index (χ0v) is 16.1. The van der Waals surface area contributed by atoms with E-state index in [9.17, 15) is 0 Å². The van der Waals surface area contributed by atoms with Gasteiger partial charge in [0.25, 0.3) is 0 Å². The minimum atomic E-state index is 0. The average Bonchev–Trinajstić information content (AvgIpc) is 3.04. The van der Waals surface area contributed by atoms with Gasteiger partial charge >= 0.3 is 0 Å². The van der Waals surface area contributed by atoms with Crippen LogP contribution in [0.1, 0.15) is 47.0 Å². The van der Waals surface area contributed by atoms with Crippen LogP contribution in [-0.4, -0.2) is 49.6 Å². The fourth-order valence-corrected chi connectivity index (χ4v) is 1.94. The van der Waals surface area contributed by atoms with Crippen LogP contribution in [0.4, 0.5) is 0 Å². The minimum absolute atomic E-state index is 0. The van der Waals surface area contributed by atoms with Gasteiger partial charge in [-0.3, -0.25) is 4.99 Å². The molecule has 1 fully saturated rings. The largest absolute Gasteiger partial charge is 0.357 e. The summed E-state index contributed by atoms with van der Waals surface area (Å²) in [5.41, 5.74) is 0. The van der Waals surface area contributed by atoms with Crippen molar-refractivity contribution in [3.63, 3.8) is 0 Å². The zero-order valence-electron chi connectivity index (χ0n) is 13.8. The van der Waals surface area contributed by atoms with E-state index < -0.39 is 0 Å². The molecule has 2 atom stereocenters. The van der Waals surface area contributed by atoms with E-state index in [-0.39, 0.29) is 24.0 Å². The number of rotatable bonds is 8. The van der Waals surface area contributed by atoms with Gasteiger partial charge in [0.05, 0.1) is 0 Å². The number of hydrogen-bond acceptors (Lipinski definition) is 2. The van der Waals surface area contributed by atoms with E-state index in [4.69, 9.17) is 0 Å². The molecule has 0 aromatic heterocycles. The van der Waals surface area contributed by atoms with E-state index in [0.29, 0.717) is 12.1 Å². The molecule has 1 aliphatic carbocycles. The molecule has 0 bridgehead atoms. The van der Waals surface area contributed by atoms with Crippen LogP contribution in [0, 0.1) is 5.92 Å². The summed E-state index contributed by atoms with van der Waals surface area (Å²) in [7, 11) is 2.19. The molecule has 0 radical (unpaired) electrons. The summed E-state index contributed by atoms with van der Waals surface area (Å²) in [6, 6.07) is 1.28. The lowest BCUT2D eigenvalue weighted by Gasteiger charge is -2.20. The monoisotopic (exact) mass is 396 g/mol. The first-order valence-corrected chi connectivity index (χ1v) is 7.79. The van der Waals surface area contributed by atoms with Crippen LogP contribution in [0.25, 0.3) is 0 Å². The second-order valence-corrected chi connectivity index (χ2v) is 6.01. The molecule has 5 heteroatoms. The first kappa shape index (κ1) is 20.0. The normalized spacial score (nSPS) is 21.9. The van der Waals surface area contributed by atoms with E-state index in [1.165, 1.54) is 12.8 Å². The summed E-state index contributed by atoms with van der Waals surface area (Å²) in [6.45, 7) is 11.9. The molecule has 0 aliphatic heterocycles. The van der Waals surface area contributed by atoms with E-state index in [1.807, 2.05) is 0 Å². The molecule has 2 unspecified atom stereocenters. The average molecular weight is 396 g/mol. The molecule has 1 saturated carbocycles. The molecule has 2 N–H and O–H groups in total. The van der Waals surface area contributed by atoms with Crippen LogP contribution >= 0.6 is 24.0 Å². The van der Waals surface area contributed by atoms with Gasteiger partial charge in [0, 0.05) is 25.2 Å². The van der Waals surface area contributed by atoms with Crippen LogP contribution in [0.5, 0.6) is 0 Å². The molecule has 4 nitrogen and oxygen atoms in total. The van der Waals surface area contributed by atoms with Crippen molar-refractivity contribution in [1.29, 1.82) is 0 Å². The predicted octanol–water partition coefficient (Wildman–Crippen LogP) is 2.69. The first-order valence-electron chi connectivity index (χ1n) is 7.79. The highest BCUT2D eigenvalue weighted by Crippen LogP contribution is 2.28. The Balaban J connectivity index is 0.00000361. The Morgan fingerprint density at radius 3 is 2.50 bits per heavy atom. The number of aliphatic imine (C=N–C) groups is 1. The molecule has 0 spiro atoms. The standard InChI is InChI=1S/C15H32N4.HI/c1-6-16-15(18-14-11-13(14)4)17-9-7-8-10-19(5)12(2)3;/h12-14H,6-11H2,1-5H3,(H2,16,17,18);1H. The van der Waals surface area contributed by atoms with Crippen LogP contribution in [0.2, 0.25) is 0 Å². The Morgan fingerprint density at radius 2 is 2.00 bits per heavy atom. The molecule has 0 aromatic carbocycles. The fraction of sp³-hybridized carbons (Fsp3) is 0.933. The third-order valence-corrected chi connectivity index (χ3v) is 3.85. The highest BCUT2D eigenvalue weighted by atomic mass is 127. The number of halogens is 1. The maximum Gasteiger partial charge on any atom is 0.191 e. The van der Waals surface area contributed by atoms with Gasteiger partial charge in [-0.15, -0.1) is 24.0 Å². The second-order valence-electron chi connectivity index (χ2n) is 6.01. The molecule has 1 rings (SSSR count). The summed E-state index contributed by atoms with van der Waals surface area (Å²) < 4.78 is 0. The molecular formula is C15H33IN4. The van der Waals surface area contributed by atoms with Gasteiger partial charge in [-0.1, -0.05) is 6.92 Å². The fourth-order valence-electron chi connectivity index (χ4n) is 1.94. The van der Waals surface area contributed by atoms with Gasteiger partial charge in [-0.2, -0.15) is 0 Å². The number of guanidine groups is 1. The van der Waals surface area contributed by atoms with Crippen molar-refractivity contribution < 1.29 is 0 Å². The molecular weight excluding hydrogens is 363 g/mol. The topological polar surface area (TPSA) is 39.7 Å². The third-order valence-electron chi connectivity index (χ3n) is 3.85. The Hall–Kier alpha value is -0.0400. The first-order chi connectivity index (χ1) is 9.04. The Labute approximate surface area is 142 Å². The second kappa shape index (κ2) is 10.7. The van der Waals surface area contributed by atoms with E-state index in [2.05, 4.69) is 55.3 Å². The van der Waals surface area contributed by atoms with Gasteiger partial charge in [0.2, 0.25) is 0 Å². The maximum atomic E-state index is 4.65. The lowest BCUT2D eigenvalue weighted by atomic mass is 10.2. The van der Waals surface area contributed by atoms with Crippen molar-refractivity contribution in [3.8, 4) is 0 Å². The summed E-state index contributed by atoms with van der Waals surface area (Å²) in [4.78, 5) is 7.03. The van der Waals surface area contributed by atoms with Crippen molar-refractivity contribution in [2.75, 3.05) is 26.7 Å². The van der Waals surface area contributed by atoms with Crippen LogP contribution in [-0.2, 0) is 0 Å². The van der Waals surface area contributed by atoms with Gasteiger partial charge in [-0.05, 0) is 59.5 Å².